The molecule has 2 aliphatic heterocycles. The van der Waals surface area contributed by atoms with Gasteiger partial charge in [-0.3, -0.25) is 0 Å². The van der Waals surface area contributed by atoms with E-state index in [1.807, 2.05) is 31.5 Å². The van der Waals surface area contributed by atoms with Gasteiger partial charge in [-0.05, 0) is 31.9 Å². The number of thiophene rings is 1. The predicted octanol–water partition coefficient (Wildman–Crippen LogP) is 3.34. The lowest BCUT2D eigenvalue weighted by atomic mass is 10.1. The summed E-state index contributed by atoms with van der Waals surface area (Å²) in [6.07, 6.45) is 7.95. The first-order valence-electron chi connectivity index (χ1n) is 9.48. The van der Waals surface area contributed by atoms with Crippen LogP contribution in [-0.4, -0.2) is 47.3 Å². The summed E-state index contributed by atoms with van der Waals surface area (Å²) >= 11 is 7.68. The van der Waals surface area contributed by atoms with Crippen molar-refractivity contribution in [2.75, 3.05) is 36.6 Å². The predicted molar refractivity (Wildman–Crippen MR) is 114 cm³/mol. The summed E-state index contributed by atoms with van der Waals surface area (Å²) in [6.45, 7) is 4.81. The molecule has 1 fully saturated rings. The molecule has 2 aromatic heterocycles. The van der Waals surface area contributed by atoms with Crippen molar-refractivity contribution in [1.82, 2.24) is 14.9 Å². The van der Waals surface area contributed by atoms with E-state index in [4.69, 9.17) is 27.1 Å². The summed E-state index contributed by atoms with van der Waals surface area (Å²) in [5.74, 6) is 1.57. The molecule has 3 N–H and O–H groups in total. The Morgan fingerprint density at radius 1 is 1.36 bits per heavy atom. The first-order chi connectivity index (χ1) is 13.6. The SMILES string of the molecule is Cc1cnc(NC2CCOCC2)nc1N1C=CN(C(CN)c2ccc(Cl)s2)C1. The minimum atomic E-state index is 0.0979. The Kier molecular flexibility index (Phi) is 6.01. The maximum absolute atomic E-state index is 6.11. The van der Waals surface area contributed by atoms with Crippen LogP contribution in [0.4, 0.5) is 11.8 Å². The largest absolute Gasteiger partial charge is 0.381 e. The van der Waals surface area contributed by atoms with Gasteiger partial charge in [0.2, 0.25) is 5.95 Å². The van der Waals surface area contributed by atoms with Crippen LogP contribution in [0.3, 0.4) is 0 Å². The molecule has 0 saturated carbocycles. The highest BCUT2D eigenvalue weighted by atomic mass is 35.5. The van der Waals surface area contributed by atoms with Gasteiger partial charge < -0.3 is 25.6 Å². The van der Waals surface area contributed by atoms with Crippen LogP contribution in [0, 0.1) is 6.92 Å². The van der Waals surface area contributed by atoms with Gasteiger partial charge in [-0.25, -0.2) is 4.98 Å². The molecule has 2 aromatic rings. The smallest absolute Gasteiger partial charge is 0.224 e. The van der Waals surface area contributed by atoms with Crippen LogP contribution in [0.2, 0.25) is 4.34 Å². The molecule has 9 heteroatoms. The molecule has 0 aromatic carbocycles. The molecule has 150 valence electrons. The number of aryl methyl sites for hydroxylation is 1. The second-order valence-corrected chi connectivity index (χ2v) is 8.79. The van der Waals surface area contributed by atoms with Gasteiger partial charge in [0.25, 0.3) is 0 Å². The topological polar surface area (TPSA) is 79.5 Å². The number of nitrogens with two attached hydrogens (primary N) is 1. The quantitative estimate of drug-likeness (QED) is 0.741. The third kappa shape index (κ3) is 4.25. The number of halogens is 1. The number of anilines is 2. The third-order valence-corrected chi connectivity index (χ3v) is 6.40. The van der Waals surface area contributed by atoms with Crippen molar-refractivity contribution in [1.29, 1.82) is 0 Å². The van der Waals surface area contributed by atoms with Gasteiger partial charge >= 0.3 is 0 Å². The molecular weight excluding hydrogens is 396 g/mol. The second-order valence-electron chi connectivity index (χ2n) is 7.05. The van der Waals surface area contributed by atoms with E-state index in [-0.39, 0.29) is 6.04 Å². The zero-order valence-corrected chi connectivity index (χ0v) is 17.4. The number of nitrogens with zero attached hydrogens (tertiary/aromatic N) is 4. The van der Waals surface area contributed by atoms with E-state index in [1.165, 1.54) is 4.88 Å². The molecule has 0 amide bonds. The van der Waals surface area contributed by atoms with E-state index in [0.717, 1.165) is 41.8 Å². The zero-order chi connectivity index (χ0) is 19.5. The Morgan fingerprint density at radius 2 is 2.18 bits per heavy atom. The van der Waals surface area contributed by atoms with Crippen LogP contribution in [0.1, 0.15) is 29.3 Å². The van der Waals surface area contributed by atoms with E-state index in [2.05, 4.69) is 26.3 Å². The number of nitrogens with one attached hydrogen (secondary N) is 1. The van der Waals surface area contributed by atoms with Crippen molar-refractivity contribution >= 4 is 34.7 Å². The lowest BCUT2D eigenvalue weighted by Gasteiger charge is -2.28. The zero-order valence-electron chi connectivity index (χ0n) is 15.8. The molecule has 0 bridgehead atoms. The monoisotopic (exact) mass is 420 g/mol. The summed E-state index contributed by atoms with van der Waals surface area (Å²) in [4.78, 5) is 14.8. The molecule has 0 aliphatic carbocycles. The summed E-state index contributed by atoms with van der Waals surface area (Å²) in [7, 11) is 0. The van der Waals surface area contributed by atoms with Crippen LogP contribution in [0.25, 0.3) is 0 Å². The van der Waals surface area contributed by atoms with Crippen LogP contribution >= 0.6 is 22.9 Å². The van der Waals surface area contributed by atoms with Crippen molar-refractivity contribution in [3.05, 3.63) is 45.5 Å². The maximum Gasteiger partial charge on any atom is 0.224 e. The van der Waals surface area contributed by atoms with Crippen LogP contribution < -0.4 is 16.0 Å². The van der Waals surface area contributed by atoms with Crippen LogP contribution in [0.5, 0.6) is 0 Å². The van der Waals surface area contributed by atoms with E-state index in [1.54, 1.807) is 11.3 Å². The molecular formula is C19H25ClN6OS. The second kappa shape index (κ2) is 8.65. The fourth-order valence-electron chi connectivity index (χ4n) is 3.52. The van der Waals surface area contributed by atoms with E-state index in [9.17, 15) is 0 Å². The highest BCUT2D eigenvalue weighted by Crippen LogP contribution is 2.33. The summed E-state index contributed by atoms with van der Waals surface area (Å²) in [6, 6.07) is 4.43. The standard InChI is InChI=1S/C19H25ClN6OS/c1-13-11-22-19(23-14-4-8-27-9-5-14)24-18(13)26-7-6-25(12-26)15(10-21)16-2-3-17(20)28-16/h2-3,6-7,11,14-15H,4-5,8-10,12,21H2,1H3,(H,22,23,24). The number of aromatic nitrogens is 2. The molecule has 1 saturated heterocycles. The fourth-order valence-corrected chi connectivity index (χ4v) is 4.71. The lowest BCUT2D eigenvalue weighted by molar-refractivity contribution is 0.0903. The Hall–Kier alpha value is -1.87. The van der Waals surface area contributed by atoms with Gasteiger partial charge in [-0.15, -0.1) is 11.3 Å². The molecule has 0 spiro atoms. The average Bonchev–Trinajstić information content (AvgIpc) is 3.35. The van der Waals surface area contributed by atoms with Crippen molar-refractivity contribution in [2.24, 2.45) is 5.73 Å². The Balaban J connectivity index is 1.47. The molecule has 4 heterocycles. The molecule has 4 rings (SSSR count). The summed E-state index contributed by atoms with van der Waals surface area (Å²) in [5.41, 5.74) is 7.09. The van der Waals surface area contributed by atoms with Crippen molar-refractivity contribution in [2.45, 2.75) is 31.8 Å². The Morgan fingerprint density at radius 3 is 2.89 bits per heavy atom. The average molecular weight is 421 g/mol. The van der Waals surface area contributed by atoms with Gasteiger partial charge in [-0.1, -0.05) is 11.6 Å². The van der Waals surface area contributed by atoms with Gasteiger partial charge in [0.15, 0.2) is 0 Å². The van der Waals surface area contributed by atoms with Gasteiger partial charge in [0.05, 0.1) is 17.0 Å². The number of hydrogen-bond donors (Lipinski definition) is 2. The fraction of sp³-hybridized carbons (Fsp3) is 0.474. The Labute approximate surface area is 174 Å². The minimum Gasteiger partial charge on any atom is -0.381 e. The van der Waals surface area contributed by atoms with Gasteiger partial charge in [-0.2, -0.15) is 4.98 Å². The first kappa shape index (κ1) is 19.4. The highest BCUT2D eigenvalue weighted by molar-refractivity contribution is 7.16. The van der Waals surface area contributed by atoms with Crippen molar-refractivity contribution in [3.8, 4) is 0 Å². The molecule has 2 aliphatic rings. The molecule has 1 unspecified atom stereocenters. The molecule has 0 radical (unpaired) electrons. The normalized spacial score (nSPS) is 18.7. The van der Waals surface area contributed by atoms with Crippen molar-refractivity contribution in [3.63, 3.8) is 0 Å². The van der Waals surface area contributed by atoms with Crippen LogP contribution in [-0.2, 0) is 4.74 Å². The molecule has 7 nitrogen and oxygen atoms in total. The number of hydrogen-bond acceptors (Lipinski definition) is 8. The van der Waals surface area contributed by atoms with E-state index < -0.39 is 0 Å². The first-order valence-corrected chi connectivity index (χ1v) is 10.7. The number of rotatable bonds is 6. The summed E-state index contributed by atoms with van der Waals surface area (Å²) < 4.78 is 6.20. The van der Waals surface area contributed by atoms with E-state index >= 15 is 0 Å². The molecule has 28 heavy (non-hydrogen) atoms. The Bertz CT molecular complexity index is 838. The highest BCUT2D eigenvalue weighted by Gasteiger charge is 2.25. The maximum atomic E-state index is 6.11. The molecule has 1 atom stereocenters. The van der Waals surface area contributed by atoms with E-state index in [0.29, 0.717) is 25.2 Å². The number of ether oxygens (including phenoxy) is 1. The van der Waals surface area contributed by atoms with Crippen molar-refractivity contribution < 1.29 is 4.74 Å². The third-order valence-electron chi connectivity index (χ3n) is 5.07. The van der Waals surface area contributed by atoms with Crippen LogP contribution in [0.15, 0.2) is 30.7 Å². The lowest BCUT2D eigenvalue weighted by Crippen LogP contribution is -2.33. The minimum absolute atomic E-state index is 0.0979. The van der Waals surface area contributed by atoms with Gasteiger partial charge in [0, 0.05) is 54.8 Å². The van der Waals surface area contributed by atoms with Gasteiger partial charge in [0.1, 0.15) is 5.82 Å². The summed E-state index contributed by atoms with van der Waals surface area (Å²) in [5, 5.41) is 3.45.